The lowest BCUT2D eigenvalue weighted by atomic mass is 10.2. The fraction of sp³-hybridized carbons (Fsp3) is 0.455. The van der Waals surface area contributed by atoms with E-state index in [1.165, 1.54) is 0 Å². The molecule has 1 aromatic heterocycles. The molecule has 0 saturated carbocycles. The molecule has 0 fully saturated rings. The summed E-state index contributed by atoms with van der Waals surface area (Å²) < 4.78 is 26.9. The van der Waals surface area contributed by atoms with Crippen LogP contribution in [0.3, 0.4) is 0 Å². The van der Waals surface area contributed by atoms with Crippen molar-refractivity contribution in [3.63, 3.8) is 0 Å². The molecule has 0 aliphatic heterocycles. The van der Waals surface area contributed by atoms with Crippen molar-refractivity contribution in [1.82, 2.24) is 15.6 Å². The average Bonchev–Trinajstić information content (AvgIpc) is 2.80. The van der Waals surface area contributed by atoms with Crippen LogP contribution in [-0.4, -0.2) is 59.1 Å². The van der Waals surface area contributed by atoms with Crippen LogP contribution >= 0.6 is 24.0 Å². The van der Waals surface area contributed by atoms with Crippen LogP contribution in [0.25, 0.3) is 0 Å². The van der Waals surface area contributed by atoms with Gasteiger partial charge in [-0.2, -0.15) is 0 Å². The normalized spacial score (nSPS) is 10.7. The van der Waals surface area contributed by atoms with Crippen molar-refractivity contribution in [1.29, 1.82) is 0 Å². The zero-order chi connectivity index (χ0) is 22.5. The molecule has 0 aliphatic rings. The number of rotatable bonds is 12. The fourth-order valence-electron chi connectivity index (χ4n) is 2.83. The Labute approximate surface area is 206 Å². The Bertz CT molecular complexity index is 826. The lowest BCUT2D eigenvalue weighted by molar-refractivity contribution is 0.143. The highest BCUT2D eigenvalue weighted by Crippen LogP contribution is 2.38. The van der Waals surface area contributed by atoms with E-state index in [4.69, 9.17) is 23.7 Å². The van der Waals surface area contributed by atoms with Gasteiger partial charge in [-0.25, -0.2) is 9.98 Å². The molecule has 1 heterocycles. The summed E-state index contributed by atoms with van der Waals surface area (Å²) >= 11 is 0. The van der Waals surface area contributed by atoms with E-state index in [1.807, 2.05) is 31.2 Å². The third-order valence-electron chi connectivity index (χ3n) is 4.31. The Hall–Kier alpha value is -2.47. The van der Waals surface area contributed by atoms with Gasteiger partial charge in [-0.1, -0.05) is 6.07 Å². The summed E-state index contributed by atoms with van der Waals surface area (Å²) in [5, 5.41) is 6.56. The van der Waals surface area contributed by atoms with E-state index >= 15 is 0 Å². The van der Waals surface area contributed by atoms with Gasteiger partial charge in [0, 0.05) is 32.0 Å². The van der Waals surface area contributed by atoms with Crippen LogP contribution in [0, 0.1) is 0 Å². The van der Waals surface area contributed by atoms with Crippen LogP contribution in [0.5, 0.6) is 23.1 Å². The van der Waals surface area contributed by atoms with Crippen LogP contribution in [0.1, 0.15) is 18.1 Å². The molecule has 2 rings (SSSR count). The third-order valence-corrected chi connectivity index (χ3v) is 4.31. The van der Waals surface area contributed by atoms with Gasteiger partial charge in [0.05, 0.1) is 34.5 Å². The number of pyridine rings is 1. The topological polar surface area (TPSA) is 95.5 Å². The fourth-order valence-corrected chi connectivity index (χ4v) is 2.83. The summed E-state index contributed by atoms with van der Waals surface area (Å²) in [5.74, 6) is 2.99. The highest BCUT2D eigenvalue weighted by molar-refractivity contribution is 14.0. The number of ether oxygens (including phenoxy) is 5. The van der Waals surface area contributed by atoms with Gasteiger partial charge >= 0.3 is 0 Å². The van der Waals surface area contributed by atoms with Crippen molar-refractivity contribution in [2.45, 2.75) is 20.0 Å². The summed E-state index contributed by atoms with van der Waals surface area (Å²) in [7, 11) is 6.40. The van der Waals surface area contributed by atoms with Gasteiger partial charge < -0.3 is 34.3 Å². The Morgan fingerprint density at radius 1 is 1.00 bits per heavy atom. The van der Waals surface area contributed by atoms with E-state index < -0.39 is 0 Å². The molecule has 0 spiro atoms. The quantitative estimate of drug-likeness (QED) is 0.177. The molecule has 0 unspecified atom stereocenters. The van der Waals surface area contributed by atoms with E-state index in [1.54, 1.807) is 34.6 Å². The largest absolute Gasteiger partial charge is 0.493 e. The Balaban J connectivity index is 0.00000512. The maximum Gasteiger partial charge on any atom is 0.218 e. The summed E-state index contributed by atoms with van der Waals surface area (Å²) in [5.41, 5.74) is 1.86. The molecule has 178 valence electrons. The molecule has 0 saturated heterocycles. The number of nitrogens with one attached hydrogen (secondary N) is 2. The van der Waals surface area contributed by atoms with Gasteiger partial charge in [-0.05, 0) is 30.7 Å². The molecule has 9 nitrogen and oxygen atoms in total. The van der Waals surface area contributed by atoms with Crippen molar-refractivity contribution >= 4 is 29.9 Å². The molecule has 1 aromatic carbocycles. The minimum atomic E-state index is 0. The zero-order valence-corrected chi connectivity index (χ0v) is 21.6. The molecule has 0 aliphatic carbocycles. The SMILES string of the molecule is CCNC(=NCc1cc(OC)c(OC)c(OC)c1)NCc1cccnc1OCCOC.I. The van der Waals surface area contributed by atoms with Crippen molar-refractivity contribution in [2.24, 2.45) is 4.99 Å². The number of hydrogen-bond donors (Lipinski definition) is 2. The molecule has 0 amide bonds. The van der Waals surface area contributed by atoms with Gasteiger partial charge in [0.15, 0.2) is 17.5 Å². The van der Waals surface area contributed by atoms with E-state index in [9.17, 15) is 0 Å². The summed E-state index contributed by atoms with van der Waals surface area (Å²) in [6.07, 6.45) is 1.70. The van der Waals surface area contributed by atoms with Crippen LogP contribution in [0.2, 0.25) is 0 Å². The first-order valence-corrected chi connectivity index (χ1v) is 10.0. The Morgan fingerprint density at radius 3 is 2.31 bits per heavy atom. The number of nitrogens with zero attached hydrogens (tertiary/aromatic N) is 2. The molecular weight excluding hydrogens is 527 g/mol. The van der Waals surface area contributed by atoms with Gasteiger partial charge in [-0.3, -0.25) is 0 Å². The van der Waals surface area contributed by atoms with Crippen molar-refractivity contribution in [3.05, 3.63) is 41.6 Å². The number of aliphatic imine (C=N–C) groups is 1. The first-order chi connectivity index (χ1) is 15.2. The summed E-state index contributed by atoms with van der Waals surface area (Å²) in [6.45, 7) is 4.62. The standard InChI is InChI=1S/C22H32N4O5.HI/c1-6-23-22(26-15-17-8-7-9-24-21(17)31-11-10-27-2)25-14-16-12-18(28-3)20(30-5)19(13-16)29-4;/h7-9,12-13H,6,10-11,14-15H2,1-5H3,(H2,23,25,26);1H. The predicted molar refractivity (Wildman–Crippen MR) is 135 cm³/mol. The predicted octanol–water partition coefficient (Wildman–Crippen LogP) is 3.01. The third kappa shape index (κ3) is 8.23. The van der Waals surface area contributed by atoms with Crippen LogP contribution in [-0.2, 0) is 17.8 Å². The summed E-state index contributed by atoms with van der Waals surface area (Å²) in [6, 6.07) is 7.61. The first-order valence-electron chi connectivity index (χ1n) is 10.0. The lowest BCUT2D eigenvalue weighted by Gasteiger charge is -2.15. The van der Waals surface area contributed by atoms with Crippen LogP contribution in [0.4, 0.5) is 0 Å². The maximum absolute atomic E-state index is 5.70. The first kappa shape index (κ1) is 27.6. The second-order valence-corrected chi connectivity index (χ2v) is 6.39. The van der Waals surface area contributed by atoms with Gasteiger partial charge in [0.2, 0.25) is 11.6 Å². The van der Waals surface area contributed by atoms with Crippen molar-refractivity contribution in [2.75, 3.05) is 48.2 Å². The van der Waals surface area contributed by atoms with Crippen molar-refractivity contribution < 1.29 is 23.7 Å². The van der Waals surface area contributed by atoms with Gasteiger partial charge in [0.1, 0.15) is 6.61 Å². The van der Waals surface area contributed by atoms with E-state index in [0.717, 1.165) is 17.7 Å². The number of halogens is 1. The number of aromatic nitrogens is 1. The maximum atomic E-state index is 5.70. The monoisotopic (exact) mass is 560 g/mol. The Kier molecular flexibility index (Phi) is 13.2. The number of methoxy groups -OCH3 is 4. The Morgan fingerprint density at radius 2 is 1.72 bits per heavy atom. The van der Waals surface area contributed by atoms with E-state index in [0.29, 0.717) is 55.4 Å². The molecule has 2 N–H and O–H groups in total. The number of benzene rings is 1. The summed E-state index contributed by atoms with van der Waals surface area (Å²) in [4.78, 5) is 8.98. The van der Waals surface area contributed by atoms with Gasteiger partial charge in [0.25, 0.3) is 0 Å². The smallest absolute Gasteiger partial charge is 0.218 e. The van der Waals surface area contributed by atoms with Crippen LogP contribution < -0.4 is 29.6 Å². The van der Waals surface area contributed by atoms with Crippen LogP contribution in [0.15, 0.2) is 35.5 Å². The highest BCUT2D eigenvalue weighted by atomic mass is 127. The minimum absolute atomic E-state index is 0. The molecule has 10 heteroatoms. The number of guanidine groups is 1. The molecule has 0 bridgehead atoms. The minimum Gasteiger partial charge on any atom is -0.493 e. The average molecular weight is 560 g/mol. The van der Waals surface area contributed by atoms with E-state index in [-0.39, 0.29) is 24.0 Å². The molecular formula is C22H33IN4O5. The number of hydrogen-bond acceptors (Lipinski definition) is 7. The van der Waals surface area contributed by atoms with Gasteiger partial charge in [-0.15, -0.1) is 24.0 Å². The molecule has 32 heavy (non-hydrogen) atoms. The molecule has 0 radical (unpaired) electrons. The lowest BCUT2D eigenvalue weighted by Crippen LogP contribution is -2.37. The van der Waals surface area contributed by atoms with E-state index in [2.05, 4.69) is 20.6 Å². The second kappa shape index (κ2) is 15.4. The zero-order valence-electron chi connectivity index (χ0n) is 19.3. The molecule has 2 aromatic rings. The second-order valence-electron chi connectivity index (χ2n) is 6.39. The molecule has 0 atom stereocenters. The van der Waals surface area contributed by atoms with Crippen molar-refractivity contribution in [3.8, 4) is 23.1 Å². The highest BCUT2D eigenvalue weighted by Gasteiger charge is 2.13.